The van der Waals surface area contributed by atoms with Gasteiger partial charge in [0.1, 0.15) is 12.4 Å². The van der Waals surface area contributed by atoms with Crippen LogP contribution in [-0.4, -0.2) is 42.1 Å². The van der Waals surface area contributed by atoms with Crippen LogP contribution >= 0.6 is 0 Å². The molecule has 1 saturated carbocycles. The summed E-state index contributed by atoms with van der Waals surface area (Å²) in [5.41, 5.74) is 0. The number of aliphatic hydroxyl groups is 2. The molecule has 0 saturated heterocycles. The van der Waals surface area contributed by atoms with Gasteiger partial charge in [-0.3, -0.25) is 0 Å². The van der Waals surface area contributed by atoms with Crippen LogP contribution in [0.25, 0.3) is 0 Å². The van der Waals surface area contributed by atoms with Crippen LogP contribution in [0.5, 0.6) is 0 Å². The van der Waals surface area contributed by atoms with Crippen LogP contribution in [0.3, 0.4) is 0 Å². The van der Waals surface area contributed by atoms with Crippen molar-refractivity contribution in [1.29, 1.82) is 0 Å². The highest BCUT2D eigenvalue weighted by atomic mass is 16.5. The lowest BCUT2D eigenvalue weighted by Crippen LogP contribution is -2.35. The van der Waals surface area contributed by atoms with Crippen molar-refractivity contribution in [3.05, 3.63) is 24.2 Å². The SMILES string of the molecule is OC1CCC(CNCC(O)COCc2ccco2)CC1. The van der Waals surface area contributed by atoms with Gasteiger partial charge in [-0.05, 0) is 50.3 Å². The minimum atomic E-state index is -0.501. The van der Waals surface area contributed by atoms with Crippen molar-refractivity contribution in [2.45, 2.75) is 44.5 Å². The fraction of sp³-hybridized carbons (Fsp3) is 0.733. The molecular formula is C15H25NO4. The molecule has 0 amide bonds. The van der Waals surface area contributed by atoms with E-state index in [0.717, 1.165) is 38.0 Å². The lowest BCUT2D eigenvalue weighted by Gasteiger charge is -2.25. The Hall–Kier alpha value is -0.880. The Kier molecular flexibility index (Phi) is 6.53. The summed E-state index contributed by atoms with van der Waals surface area (Å²) >= 11 is 0. The van der Waals surface area contributed by atoms with E-state index in [0.29, 0.717) is 25.7 Å². The van der Waals surface area contributed by atoms with Crippen molar-refractivity contribution in [2.75, 3.05) is 19.7 Å². The molecule has 114 valence electrons. The number of hydrogen-bond acceptors (Lipinski definition) is 5. The van der Waals surface area contributed by atoms with Crippen molar-refractivity contribution in [3.63, 3.8) is 0 Å². The van der Waals surface area contributed by atoms with Crippen molar-refractivity contribution < 1.29 is 19.4 Å². The summed E-state index contributed by atoms with van der Waals surface area (Å²) in [5.74, 6) is 1.39. The van der Waals surface area contributed by atoms with Crippen LogP contribution in [0.1, 0.15) is 31.4 Å². The van der Waals surface area contributed by atoms with Gasteiger partial charge in [0.15, 0.2) is 0 Å². The third-order valence-corrected chi connectivity index (χ3v) is 3.76. The Morgan fingerprint density at radius 3 is 2.85 bits per heavy atom. The molecule has 0 aromatic carbocycles. The first-order valence-electron chi connectivity index (χ1n) is 7.41. The Labute approximate surface area is 119 Å². The van der Waals surface area contributed by atoms with Crippen molar-refractivity contribution in [2.24, 2.45) is 5.92 Å². The Morgan fingerprint density at radius 1 is 1.35 bits per heavy atom. The number of hydrogen-bond donors (Lipinski definition) is 3. The van der Waals surface area contributed by atoms with Crippen LogP contribution < -0.4 is 5.32 Å². The summed E-state index contributed by atoms with van der Waals surface area (Å²) in [7, 11) is 0. The highest BCUT2D eigenvalue weighted by Crippen LogP contribution is 2.23. The third-order valence-electron chi connectivity index (χ3n) is 3.76. The highest BCUT2D eigenvalue weighted by Gasteiger charge is 2.19. The predicted molar refractivity (Wildman–Crippen MR) is 75.2 cm³/mol. The van der Waals surface area contributed by atoms with Crippen LogP contribution in [0.2, 0.25) is 0 Å². The minimum absolute atomic E-state index is 0.105. The maximum absolute atomic E-state index is 9.79. The Bertz CT molecular complexity index is 347. The molecule has 3 N–H and O–H groups in total. The summed E-state index contributed by atoms with van der Waals surface area (Å²) in [6, 6.07) is 3.67. The van der Waals surface area contributed by atoms with E-state index in [1.807, 2.05) is 12.1 Å². The van der Waals surface area contributed by atoms with Gasteiger partial charge in [-0.2, -0.15) is 0 Å². The largest absolute Gasteiger partial charge is 0.467 e. The van der Waals surface area contributed by atoms with Gasteiger partial charge in [0.25, 0.3) is 0 Å². The first-order chi connectivity index (χ1) is 9.74. The first-order valence-corrected chi connectivity index (χ1v) is 7.41. The maximum Gasteiger partial charge on any atom is 0.129 e. The maximum atomic E-state index is 9.79. The second kappa shape index (κ2) is 8.42. The predicted octanol–water partition coefficient (Wildman–Crippen LogP) is 1.30. The van der Waals surface area contributed by atoms with Gasteiger partial charge in [0.05, 0.1) is 25.1 Å². The molecule has 20 heavy (non-hydrogen) atoms. The van der Waals surface area contributed by atoms with Crippen LogP contribution in [-0.2, 0) is 11.3 Å². The quantitative estimate of drug-likeness (QED) is 0.670. The van der Waals surface area contributed by atoms with Crippen LogP contribution in [0.4, 0.5) is 0 Å². The summed E-state index contributed by atoms with van der Waals surface area (Å²) in [6.07, 6.45) is 4.95. The van der Waals surface area contributed by atoms with E-state index in [1.54, 1.807) is 6.26 Å². The molecule has 0 aliphatic heterocycles. The molecule has 0 spiro atoms. The van der Waals surface area contributed by atoms with Crippen molar-refractivity contribution in [1.82, 2.24) is 5.32 Å². The van der Waals surface area contributed by atoms with Gasteiger partial charge >= 0.3 is 0 Å². The average Bonchev–Trinajstić information content (AvgIpc) is 2.94. The molecule has 2 rings (SSSR count). The van der Waals surface area contributed by atoms with E-state index in [4.69, 9.17) is 9.15 Å². The van der Waals surface area contributed by atoms with Gasteiger partial charge in [0, 0.05) is 6.54 Å². The van der Waals surface area contributed by atoms with Gasteiger partial charge < -0.3 is 24.7 Å². The lowest BCUT2D eigenvalue weighted by molar-refractivity contribution is 0.0218. The molecule has 1 atom stereocenters. The molecule has 1 aromatic heterocycles. The van der Waals surface area contributed by atoms with E-state index in [9.17, 15) is 10.2 Å². The molecule has 0 bridgehead atoms. The number of aliphatic hydroxyl groups excluding tert-OH is 2. The summed E-state index contributed by atoms with van der Waals surface area (Å²) in [5, 5.41) is 22.5. The van der Waals surface area contributed by atoms with E-state index < -0.39 is 6.10 Å². The zero-order valence-electron chi connectivity index (χ0n) is 11.8. The number of nitrogens with one attached hydrogen (secondary N) is 1. The van der Waals surface area contributed by atoms with Gasteiger partial charge in [-0.25, -0.2) is 0 Å². The van der Waals surface area contributed by atoms with Gasteiger partial charge in [0.2, 0.25) is 0 Å². The second-order valence-corrected chi connectivity index (χ2v) is 5.58. The van der Waals surface area contributed by atoms with Gasteiger partial charge in [-0.1, -0.05) is 0 Å². The summed E-state index contributed by atoms with van der Waals surface area (Å²) in [6.45, 7) is 2.14. The van der Waals surface area contributed by atoms with Crippen LogP contribution in [0, 0.1) is 5.92 Å². The third kappa shape index (κ3) is 5.63. The number of furan rings is 1. The normalized spacial score (nSPS) is 24.7. The first kappa shape index (κ1) is 15.5. The fourth-order valence-corrected chi connectivity index (χ4v) is 2.55. The zero-order valence-corrected chi connectivity index (χ0v) is 11.8. The molecule has 1 heterocycles. The molecule has 5 nitrogen and oxygen atoms in total. The zero-order chi connectivity index (χ0) is 14.2. The molecule has 1 unspecified atom stereocenters. The topological polar surface area (TPSA) is 74.9 Å². The molecule has 5 heteroatoms. The number of rotatable bonds is 8. The molecule has 1 aliphatic rings. The van der Waals surface area contributed by atoms with E-state index in [1.165, 1.54) is 0 Å². The lowest BCUT2D eigenvalue weighted by atomic mass is 9.87. The standard InChI is InChI=1S/C15H25NO4/c17-13-5-3-12(4-6-13)8-16-9-14(18)10-19-11-15-2-1-7-20-15/h1-2,7,12-14,16-18H,3-6,8-11H2. The van der Waals surface area contributed by atoms with Crippen molar-refractivity contribution in [3.8, 4) is 0 Å². The molecule has 1 aliphatic carbocycles. The fourth-order valence-electron chi connectivity index (χ4n) is 2.55. The molecule has 0 radical (unpaired) electrons. The van der Waals surface area contributed by atoms with Crippen LogP contribution in [0.15, 0.2) is 22.8 Å². The monoisotopic (exact) mass is 283 g/mol. The Morgan fingerprint density at radius 2 is 2.15 bits per heavy atom. The number of ether oxygens (including phenoxy) is 1. The Balaban J connectivity index is 1.48. The smallest absolute Gasteiger partial charge is 0.129 e. The van der Waals surface area contributed by atoms with E-state index in [2.05, 4.69) is 5.32 Å². The average molecular weight is 283 g/mol. The summed E-state index contributed by atoms with van der Waals surface area (Å²) < 4.78 is 10.5. The second-order valence-electron chi connectivity index (χ2n) is 5.58. The summed E-state index contributed by atoms with van der Waals surface area (Å²) in [4.78, 5) is 0. The molecule has 1 fully saturated rings. The van der Waals surface area contributed by atoms with E-state index >= 15 is 0 Å². The van der Waals surface area contributed by atoms with E-state index in [-0.39, 0.29) is 6.10 Å². The van der Waals surface area contributed by atoms with Crippen molar-refractivity contribution >= 4 is 0 Å². The highest BCUT2D eigenvalue weighted by molar-refractivity contribution is 4.96. The molecular weight excluding hydrogens is 258 g/mol. The molecule has 1 aromatic rings. The minimum Gasteiger partial charge on any atom is -0.467 e. The van der Waals surface area contributed by atoms with Gasteiger partial charge in [-0.15, -0.1) is 0 Å².